The maximum Gasteiger partial charge on any atom is 0.340 e. The first-order chi connectivity index (χ1) is 11.3. The van der Waals surface area contributed by atoms with Gasteiger partial charge in [-0.05, 0) is 32.9 Å². The molecular weight excluding hydrogens is 332 g/mol. The van der Waals surface area contributed by atoms with Crippen LogP contribution in [0.3, 0.4) is 0 Å². The third-order valence-electron chi connectivity index (χ3n) is 2.92. The van der Waals surface area contributed by atoms with Crippen molar-refractivity contribution in [1.82, 2.24) is 10.6 Å². The van der Waals surface area contributed by atoms with Crippen LogP contribution < -0.4 is 10.6 Å². The van der Waals surface area contributed by atoms with E-state index in [0.29, 0.717) is 10.6 Å². The van der Waals surface area contributed by atoms with Crippen molar-refractivity contribution in [3.63, 3.8) is 0 Å². The number of amides is 3. The van der Waals surface area contributed by atoms with Gasteiger partial charge in [0.25, 0.3) is 5.91 Å². The van der Waals surface area contributed by atoms with E-state index in [-0.39, 0.29) is 11.6 Å². The summed E-state index contributed by atoms with van der Waals surface area (Å²) in [5, 5.41) is 4.58. The monoisotopic (exact) mass is 354 g/mol. The Morgan fingerprint density at radius 3 is 2.38 bits per heavy atom. The van der Waals surface area contributed by atoms with E-state index >= 15 is 0 Å². The molecule has 7 nitrogen and oxygen atoms in total. The van der Waals surface area contributed by atoms with Gasteiger partial charge in [-0.25, -0.2) is 9.59 Å². The van der Waals surface area contributed by atoms with Gasteiger partial charge in [-0.1, -0.05) is 19.1 Å². The molecule has 0 spiro atoms. The van der Waals surface area contributed by atoms with Crippen molar-refractivity contribution in [2.75, 3.05) is 5.75 Å². The lowest BCUT2D eigenvalue weighted by Crippen LogP contribution is -2.46. The van der Waals surface area contributed by atoms with Gasteiger partial charge in [-0.15, -0.1) is 0 Å². The van der Waals surface area contributed by atoms with E-state index < -0.39 is 34.8 Å². The molecule has 0 aliphatic rings. The van der Waals surface area contributed by atoms with Gasteiger partial charge in [0.15, 0.2) is 6.10 Å². The predicted octanol–water partition coefficient (Wildman–Crippen LogP) is 1.59. The maximum absolute atomic E-state index is 12.2. The van der Waals surface area contributed by atoms with Crippen LogP contribution >= 0.6 is 0 Å². The molecule has 0 aliphatic carbocycles. The number of benzene rings is 1. The first-order valence-corrected chi connectivity index (χ1v) is 8.87. The van der Waals surface area contributed by atoms with Crippen LogP contribution in [-0.2, 0) is 20.3 Å². The molecule has 8 heteroatoms. The van der Waals surface area contributed by atoms with E-state index in [1.54, 1.807) is 39.0 Å². The molecule has 1 aromatic rings. The second kappa shape index (κ2) is 9.17. The van der Waals surface area contributed by atoms with Crippen LogP contribution in [-0.4, -0.2) is 40.0 Å². The Bertz CT molecular complexity index is 645. The summed E-state index contributed by atoms with van der Waals surface area (Å²) in [5.41, 5.74) is 0.143. The lowest BCUT2D eigenvalue weighted by Gasteiger charge is -2.15. The van der Waals surface area contributed by atoms with Gasteiger partial charge in [0.05, 0.1) is 21.3 Å². The second-order valence-corrected chi connectivity index (χ2v) is 7.00. The predicted molar refractivity (Wildman–Crippen MR) is 90.1 cm³/mol. The molecule has 132 valence electrons. The van der Waals surface area contributed by atoms with Crippen molar-refractivity contribution in [1.29, 1.82) is 0 Å². The lowest BCUT2D eigenvalue weighted by atomic mass is 10.2. The van der Waals surface area contributed by atoms with Crippen LogP contribution in [0.15, 0.2) is 29.2 Å². The minimum Gasteiger partial charge on any atom is -0.449 e. The molecule has 0 aliphatic heterocycles. The van der Waals surface area contributed by atoms with Crippen molar-refractivity contribution < 1.29 is 23.3 Å². The Hall–Kier alpha value is -2.22. The van der Waals surface area contributed by atoms with E-state index in [9.17, 15) is 18.6 Å². The molecule has 2 atom stereocenters. The molecule has 2 N–H and O–H groups in total. The minimum atomic E-state index is -1.33. The Labute approximate surface area is 143 Å². The molecule has 1 aromatic carbocycles. The van der Waals surface area contributed by atoms with Crippen LogP contribution in [0.5, 0.6) is 0 Å². The van der Waals surface area contributed by atoms with Crippen LogP contribution in [0.4, 0.5) is 4.79 Å². The molecule has 0 fully saturated rings. The summed E-state index contributed by atoms with van der Waals surface area (Å²) in [7, 11) is -1.33. The van der Waals surface area contributed by atoms with Crippen LogP contribution in [0.1, 0.15) is 38.1 Å². The molecule has 0 heterocycles. The topological polar surface area (TPSA) is 102 Å². The molecule has 0 saturated carbocycles. The summed E-state index contributed by atoms with van der Waals surface area (Å²) in [6.07, 6.45) is -1.17. The Morgan fingerprint density at radius 1 is 1.17 bits per heavy atom. The van der Waals surface area contributed by atoms with Crippen molar-refractivity contribution in [2.45, 2.75) is 44.7 Å². The molecule has 24 heavy (non-hydrogen) atoms. The fraction of sp³-hybridized carbons (Fsp3) is 0.438. The third-order valence-corrected chi connectivity index (χ3v) is 4.29. The van der Waals surface area contributed by atoms with E-state index in [0.717, 1.165) is 0 Å². The lowest BCUT2D eigenvalue weighted by molar-refractivity contribution is -0.127. The molecule has 3 amide bonds. The van der Waals surface area contributed by atoms with E-state index in [4.69, 9.17) is 4.74 Å². The highest BCUT2D eigenvalue weighted by Gasteiger charge is 2.23. The number of rotatable bonds is 6. The number of hydrogen-bond donors (Lipinski definition) is 2. The number of imide groups is 1. The van der Waals surface area contributed by atoms with Gasteiger partial charge in [-0.3, -0.25) is 14.3 Å². The van der Waals surface area contributed by atoms with Crippen molar-refractivity contribution in [3.8, 4) is 0 Å². The summed E-state index contributed by atoms with van der Waals surface area (Å²) >= 11 is 0. The van der Waals surface area contributed by atoms with Gasteiger partial charge in [0, 0.05) is 11.8 Å². The second-order valence-electron chi connectivity index (χ2n) is 5.30. The minimum absolute atomic E-state index is 0.133. The van der Waals surface area contributed by atoms with Crippen molar-refractivity contribution in [3.05, 3.63) is 29.8 Å². The molecule has 0 unspecified atom stereocenters. The zero-order valence-corrected chi connectivity index (χ0v) is 14.9. The van der Waals surface area contributed by atoms with E-state index in [1.165, 1.54) is 13.0 Å². The average molecular weight is 354 g/mol. The third kappa shape index (κ3) is 5.77. The normalized spacial score (nSPS) is 13.0. The number of ether oxygens (including phenoxy) is 1. The highest BCUT2D eigenvalue weighted by atomic mass is 32.2. The first-order valence-electron chi connectivity index (χ1n) is 7.56. The molecule has 0 aromatic heterocycles. The fourth-order valence-corrected chi connectivity index (χ4v) is 2.72. The zero-order chi connectivity index (χ0) is 18.3. The quantitative estimate of drug-likeness (QED) is 0.756. The number of carbonyl (C=O) groups excluding carboxylic acids is 3. The van der Waals surface area contributed by atoms with Gasteiger partial charge in [0.2, 0.25) is 0 Å². The Morgan fingerprint density at radius 2 is 1.79 bits per heavy atom. The summed E-state index contributed by atoms with van der Waals surface area (Å²) in [6, 6.07) is 5.56. The van der Waals surface area contributed by atoms with Gasteiger partial charge >= 0.3 is 12.0 Å². The van der Waals surface area contributed by atoms with Crippen molar-refractivity contribution in [2.24, 2.45) is 0 Å². The van der Waals surface area contributed by atoms with Crippen LogP contribution in [0, 0.1) is 0 Å². The average Bonchev–Trinajstić information content (AvgIpc) is 2.52. The SMILES string of the molecule is CC[S@@](=O)c1ccccc1C(=O)O[C@H](C)C(=O)NC(=O)NC(C)C. The number of nitrogens with one attached hydrogen (secondary N) is 2. The van der Waals surface area contributed by atoms with E-state index in [1.807, 2.05) is 0 Å². The number of carbonyl (C=O) groups is 3. The summed E-state index contributed by atoms with van der Waals surface area (Å²) < 4.78 is 17.1. The van der Waals surface area contributed by atoms with Crippen molar-refractivity contribution >= 4 is 28.7 Å². The first kappa shape index (κ1) is 19.8. The molecule has 1 rings (SSSR count). The molecule has 0 saturated heterocycles. The number of esters is 1. The van der Waals surface area contributed by atoms with Gasteiger partial charge in [-0.2, -0.15) is 0 Å². The summed E-state index contributed by atoms with van der Waals surface area (Å²) in [4.78, 5) is 35.9. The summed E-state index contributed by atoms with van der Waals surface area (Å²) in [6.45, 7) is 6.59. The molecule has 0 radical (unpaired) electrons. The largest absolute Gasteiger partial charge is 0.449 e. The highest BCUT2D eigenvalue weighted by Crippen LogP contribution is 2.15. The Kier molecular flexibility index (Phi) is 7.57. The van der Waals surface area contributed by atoms with E-state index in [2.05, 4.69) is 10.6 Å². The summed E-state index contributed by atoms with van der Waals surface area (Å²) in [5.74, 6) is -1.15. The standard InChI is InChI=1S/C16H22N2O5S/c1-5-24(22)13-9-7-6-8-12(13)15(20)23-11(4)14(19)18-16(21)17-10(2)3/h6-11H,5H2,1-4H3,(H2,17,18,19,21)/t11-,24-/m1/s1. The highest BCUT2D eigenvalue weighted by molar-refractivity contribution is 7.85. The zero-order valence-electron chi connectivity index (χ0n) is 14.1. The fourth-order valence-electron chi connectivity index (χ4n) is 1.78. The van der Waals surface area contributed by atoms with Gasteiger partial charge < -0.3 is 10.1 Å². The van der Waals surface area contributed by atoms with Gasteiger partial charge in [0.1, 0.15) is 0 Å². The number of urea groups is 1. The molecular formula is C16H22N2O5S. The number of hydrogen-bond acceptors (Lipinski definition) is 5. The maximum atomic E-state index is 12.2. The Balaban J connectivity index is 2.76. The van der Waals surface area contributed by atoms with Crippen LogP contribution in [0.25, 0.3) is 0 Å². The smallest absolute Gasteiger partial charge is 0.340 e. The van der Waals surface area contributed by atoms with Crippen LogP contribution in [0.2, 0.25) is 0 Å². The molecule has 0 bridgehead atoms.